The van der Waals surface area contributed by atoms with Gasteiger partial charge >= 0.3 is 11.9 Å². The number of rotatable bonds is 5. The molecule has 0 heterocycles. The van der Waals surface area contributed by atoms with E-state index in [1.54, 1.807) is 13.8 Å². The van der Waals surface area contributed by atoms with Gasteiger partial charge < -0.3 is 9.47 Å². The zero-order valence-electron chi connectivity index (χ0n) is 11.9. The summed E-state index contributed by atoms with van der Waals surface area (Å²) < 4.78 is 9.32. The Bertz CT molecular complexity index is 606. The van der Waals surface area contributed by atoms with Crippen LogP contribution in [0.25, 0.3) is 6.08 Å². The molecule has 0 unspecified atom stereocenters. The number of nitro groups is 1. The van der Waals surface area contributed by atoms with Crippen molar-refractivity contribution in [2.24, 2.45) is 0 Å². The Labute approximate surface area is 121 Å². The second kappa shape index (κ2) is 7.18. The molecule has 0 aliphatic carbocycles. The minimum Gasteiger partial charge on any atom is -0.465 e. The summed E-state index contributed by atoms with van der Waals surface area (Å²) >= 11 is 0. The number of nitrogens with zero attached hydrogens (tertiary/aromatic N) is 1. The van der Waals surface area contributed by atoms with Gasteiger partial charge in [0, 0.05) is 18.2 Å². The quantitative estimate of drug-likeness (QED) is 0.357. The largest absolute Gasteiger partial charge is 0.465 e. The predicted molar refractivity (Wildman–Crippen MR) is 74.8 cm³/mol. The summed E-state index contributed by atoms with van der Waals surface area (Å²) in [6, 6.07) is 2.42. The lowest BCUT2D eigenvalue weighted by Gasteiger charge is -2.07. The van der Waals surface area contributed by atoms with Gasteiger partial charge in [-0.2, -0.15) is 0 Å². The van der Waals surface area contributed by atoms with Crippen molar-refractivity contribution in [1.29, 1.82) is 0 Å². The molecule has 0 saturated heterocycles. The number of ether oxygens (including phenoxy) is 2. The van der Waals surface area contributed by atoms with Crippen LogP contribution in [0.3, 0.4) is 0 Å². The van der Waals surface area contributed by atoms with Crippen molar-refractivity contribution in [3.05, 3.63) is 45.0 Å². The number of benzene rings is 1. The van der Waals surface area contributed by atoms with E-state index >= 15 is 0 Å². The molecule has 0 fully saturated rings. The van der Waals surface area contributed by atoms with Crippen LogP contribution in [0.15, 0.2) is 18.2 Å². The van der Waals surface area contributed by atoms with Crippen LogP contribution in [0.5, 0.6) is 0 Å². The van der Waals surface area contributed by atoms with E-state index in [0.29, 0.717) is 11.1 Å². The van der Waals surface area contributed by atoms with Crippen LogP contribution >= 0.6 is 0 Å². The molecule has 0 saturated carbocycles. The van der Waals surface area contributed by atoms with Crippen LogP contribution in [-0.2, 0) is 14.3 Å². The number of nitro benzene ring substituents is 1. The first kappa shape index (κ1) is 16.4. The third-order valence-corrected chi connectivity index (χ3v) is 2.73. The minimum atomic E-state index is -0.679. The number of non-ortho nitro benzene ring substituents is 1. The molecule has 7 heteroatoms. The van der Waals surface area contributed by atoms with Gasteiger partial charge in [-0.25, -0.2) is 9.59 Å². The molecule has 0 bridgehead atoms. The number of esters is 2. The Morgan fingerprint density at radius 2 is 2.05 bits per heavy atom. The maximum absolute atomic E-state index is 11.6. The van der Waals surface area contributed by atoms with E-state index in [2.05, 4.69) is 4.74 Å². The number of carbonyl (C=O) groups excluding carboxylic acids is 2. The van der Waals surface area contributed by atoms with Gasteiger partial charge in [0.1, 0.15) is 0 Å². The zero-order chi connectivity index (χ0) is 16.0. The van der Waals surface area contributed by atoms with Gasteiger partial charge in [0.2, 0.25) is 0 Å². The second-order valence-corrected chi connectivity index (χ2v) is 4.04. The second-order valence-electron chi connectivity index (χ2n) is 4.04. The number of methoxy groups -OCH3 is 1. The third kappa shape index (κ3) is 4.13. The normalized spacial score (nSPS) is 10.4. The molecule has 0 N–H and O–H groups in total. The van der Waals surface area contributed by atoms with Crippen molar-refractivity contribution in [2.75, 3.05) is 13.7 Å². The van der Waals surface area contributed by atoms with Crippen molar-refractivity contribution >= 4 is 23.7 Å². The monoisotopic (exact) mass is 293 g/mol. The van der Waals surface area contributed by atoms with Crippen LogP contribution in [-0.4, -0.2) is 30.6 Å². The van der Waals surface area contributed by atoms with Crippen LogP contribution in [0, 0.1) is 17.0 Å². The molecule has 0 aliphatic rings. The van der Waals surface area contributed by atoms with Gasteiger partial charge in [-0.15, -0.1) is 0 Å². The van der Waals surface area contributed by atoms with Crippen molar-refractivity contribution in [1.82, 2.24) is 0 Å². The van der Waals surface area contributed by atoms with Gasteiger partial charge in [0.25, 0.3) is 5.69 Å². The molecule has 7 nitrogen and oxygen atoms in total. The lowest BCUT2D eigenvalue weighted by molar-refractivity contribution is -0.384. The van der Waals surface area contributed by atoms with E-state index in [0.717, 1.165) is 12.1 Å². The Hall–Kier alpha value is -2.70. The molecule has 1 aromatic rings. The highest BCUT2D eigenvalue weighted by atomic mass is 16.6. The molecule has 0 spiro atoms. The number of hydrogen-bond acceptors (Lipinski definition) is 6. The van der Waals surface area contributed by atoms with Crippen molar-refractivity contribution in [2.45, 2.75) is 13.8 Å². The fraction of sp³-hybridized carbons (Fsp3) is 0.286. The first-order chi connectivity index (χ1) is 9.90. The zero-order valence-corrected chi connectivity index (χ0v) is 11.9. The molecule has 0 amide bonds. The summed E-state index contributed by atoms with van der Waals surface area (Å²) in [6.45, 7) is 3.50. The third-order valence-electron chi connectivity index (χ3n) is 2.73. The summed E-state index contributed by atoms with van der Waals surface area (Å²) in [5.41, 5.74) is 0.672. The smallest absolute Gasteiger partial charge is 0.338 e. The Morgan fingerprint density at radius 1 is 1.38 bits per heavy atom. The lowest BCUT2D eigenvalue weighted by Crippen LogP contribution is -2.06. The summed E-state index contributed by atoms with van der Waals surface area (Å²) in [6.07, 6.45) is 2.52. The van der Waals surface area contributed by atoms with E-state index in [-0.39, 0.29) is 17.9 Å². The molecule has 21 heavy (non-hydrogen) atoms. The van der Waals surface area contributed by atoms with Crippen molar-refractivity contribution in [3.63, 3.8) is 0 Å². The Kier molecular flexibility index (Phi) is 5.59. The molecular weight excluding hydrogens is 278 g/mol. The fourth-order valence-corrected chi connectivity index (χ4v) is 1.67. The van der Waals surface area contributed by atoms with Gasteiger partial charge in [-0.3, -0.25) is 10.1 Å². The number of carbonyl (C=O) groups is 2. The summed E-state index contributed by atoms with van der Waals surface area (Å²) in [5.74, 6) is -1.25. The Morgan fingerprint density at radius 3 is 2.57 bits per heavy atom. The standard InChI is InChI=1S/C14H15NO6/c1-4-21-13(16)6-5-10-7-11(15(18)19)8-12(9(10)2)14(17)20-3/h5-8H,4H2,1-3H3. The maximum atomic E-state index is 11.6. The van der Waals surface area contributed by atoms with Crippen molar-refractivity contribution < 1.29 is 24.0 Å². The van der Waals surface area contributed by atoms with E-state index in [9.17, 15) is 19.7 Å². The predicted octanol–water partition coefficient (Wildman–Crippen LogP) is 2.27. The first-order valence-corrected chi connectivity index (χ1v) is 6.12. The molecule has 1 aromatic carbocycles. The van der Waals surface area contributed by atoms with E-state index in [1.807, 2.05) is 0 Å². The van der Waals surface area contributed by atoms with Crippen molar-refractivity contribution in [3.8, 4) is 0 Å². The lowest BCUT2D eigenvalue weighted by atomic mass is 10.0. The first-order valence-electron chi connectivity index (χ1n) is 6.12. The van der Waals surface area contributed by atoms with Gasteiger partial charge in [-0.05, 0) is 31.1 Å². The van der Waals surface area contributed by atoms with Crippen LogP contribution < -0.4 is 0 Å². The average Bonchev–Trinajstić information content (AvgIpc) is 2.45. The Balaban J connectivity index is 3.30. The van der Waals surface area contributed by atoms with Crippen LogP contribution in [0.4, 0.5) is 5.69 Å². The summed E-state index contributed by atoms with van der Waals surface area (Å²) in [4.78, 5) is 33.2. The summed E-state index contributed by atoms with van der Waals surface area (Å²) in [7, 11) is 1.19. The summed E-state index contributed by atoms with van der Waals surface area (Å²) in [5, 5.41) is 10.9. The van der Waals surface area contributed by atoms with Gasteiger partial charge in [-0.1, -0.05) is 0 Å². The SMILES string of the molecule is CCOC(=O)C=Cc1cc([N+](=O)[O-])cc(C(=O)OC)c1C. The highest BCUT2D eigenvalue weighted by Crippen LogP contribution is 2.24. The molecule has 0 aromatic heterocycles. The highest BCUT2D eigenvalue weighted by Gasteiger charge is 2.18. The maximum Gasteiger partial charge on any atom is 0.338 e. The molecule has 0 atom stereocenters. The fourth-order valence-electron chi connectivity index (χ4n) is 1.67. The number of hydrogen-bond donors (Lipinski definition) is 0. The molecule has 0 aliphatic heterocycles. The minimum absolute atomic E-state index is 0.0789. The molecule has 1 rings (SSSR count). The molecular formula is C14H15NO6. The van der Waals surface area contributed by atoms with Gasteiger partial charge in [0.15, 0.2) is 0 Å². The van der Waals surface area contributed by atoms with E-state index in [1.165, 1.54) is 19.3 Å². The van der Waals surface area contributed by atoms with Crippen LogP contribution in [0.2, 0.25) is 0 Å². The van der Waals surface area contributed by atoms with Crippen LogP contribution in [0.1, 0.15) is 28.4 Å². The molecule has 0 radical (unpaired) electrons. The topological polar surface area (TPSA) is 95.7 Å². The molecule has 112 valence electrons. The van der Waals surface area contributed by atoms with Gasteiger partial charge in [0.05, 0.1) is 24.2 Å². The average molecular weight is 293 g/mol. The van der Waals surface area contributed by atoms with E-state index in [4.69, 9.17) is 4.74 Å². The van der Waals surface area contributed by atoms with E-state index < -0.39 is 16.9 Å². The highest BCUT2D eigenvalue weighted by molar-refractivity contribution is 5.94.